The van der Waals surface area contributed by atoms with Crippen molar-refractivity contribution in [2.24, 2.45) is 0 Å². The predicted octanol–water partition coefficient (Wildman–Crippen LogP) is 4.91. The Morgan fingerprint density at radius 2 is 1.79 bits per heavy atom. The van der Waals surface area contributed by atoms with Crippen LogP contribution >= 0.6 is 15.9 Å². The summed E-state index contributed by atoms with van der Waals surface area (Å²) >= 11 is 3.33. The minimum Gasteiger partial charge on any atom is -0.490 e. The Morgan fingerprint density at radius 1 is 1.05 bits per heavy atom. The van der Waals surface area contributed by atoms with E-state index in [-0.39, 0.29) is 5.82 Å². The molecule has 0 unspecified atom stereocenters. The van der Waals surface area contributed by atoms with Crippen LogP contribution in [0.1, 0.15) is 12.5 Å². The van der Waals surface area contributed by atoms with Crippen molar-refractivity contribution in [2.75, 3.05) is 6.61 Å². The first-order valence-corrected chi connectivity index (χ1v) is 7.10. The predicted molar refractivity (Wildman–Crippen MR) is 76.7 cm³/mol. The zero-order valence-electron chi connectivity index (χ0n) is 10.5. The highest BCUT2D eigenvalue weighted by Crippen LogP contribution is 2.33. The molecule has 0 saturated heterocycles. The van der Waals surface area contributed by atoms with Gasteiger partial charge in [0, 0.05) is 10.9 Å². The molecule has 0 radical (unpaired) electrons. The van der Waals surface area contributed by atoms with Gasteiger partial charge in [-0.2, -0.15) is 0 Å². The quantitative estimate of drug-likeness (QED) is 0.727. The summed E-state index contributed by atoms with van der Waals surface area (Å²) in [6.45, 7) is 2.48. The average Bonchev–Trinajstić information content (AvgIpc) is 2.43. The lowest BCUT2D eigenvalue weighted by Gasteiger charge is -2.13. The third kappa shape index (κ3) is 3.47. The first kappa shape index (κ1) is 13.9. The summed E-state index contributed by atoms with van der Waals surface area (Å²) in [5.41, 5.74) is 0.756. The van der Waals surface area contributed by atoms with Crippen molar-refractivity contribution >= 4 is 15.9 Å². The molecule has 0 aliphatic rings. The third-order valence-corrected chi connectivity index (χ3v) is 3.14. The maximum Gasteiger partial charge on any atom is 0.169 e. The van der Waals surface area contributed by atoms with Crippen LogP contribution in [-0.2, 0) is 5.33 Å². The summed E-state index contributed by atoms with van der Waals surface area (Å²) in [5, 5.41) is 0.525. The normalized spacial score (nSPS) is 10.3. The molecule has 0 fully saturated rings. The van der Waals surface area contributed by atoms with E-state index in [1.807, 2.05) is 31.2 Å². The largest absolute Gasteiger partial charge is 0.490 e. The molecule has 2 aromatic carbocycles. The molecule has 0 atom stereocenters. The second-order valence-electron chi connectivity index (χ2n) is 3.87. The van der Waals surface area contributed by atoms with Crippen molar-refractivity contribution in [1.82, 2.24) is 0 Å². The Labute approximate surface area is 120 Å². The lowest BCUT2D eigenvalue weighted by molar-refractivity contribution is 0.321. The molecule has 2 aromatic rings. The fourth-order valence-corrected chi connectivity index (χ4v) is 2.12. The van der Waals surface area contributed by atoms with E-state index in [0.29, 0.717) is 29.2 Å². The first-order chi connectivity index (χ1) is 9.24. The Morgan fingerprint density at radius 3 is 2.47 bits per heavy atom. The molecule has 4 heteroatoms. The molecule has 100 valence electrons. The van der Waals surface area contributed by atoms with Crippen molar-refractivity contribution < 1.29 is 13.9 Å². The summed E-state index contributed by atoms with van der Waals surface area (Å²) in [7, 11) is 0. The van der Waals surface area contributed by atoms with E-state index < -0.39 is 0 Å². The molecular weight excluding hydrogens is 311 g/mol. The van der Waals surface area contributed by atoms with Crippen molar-refractivity contribution in [1.29, 1.82) is 0 Å². The standard InChI is InChI=1S/C15H14BrFO2/c1-2-18-14-5-3-4-6-15(14)19-13-8-7-12(17)9-11(13)10-16/h3-9H,2,10H2,1H3. The minimum absolute atomic E-state index is 0.278. The van der Waals surface area contributed by atoms with Gasteiger partial charge >= 0.3 is 0 Å². The number of halogens is 2. The van der Waals surface area contributed by atoms with Gasteiger partial charge in [-0.15, -0.1) is 0 Å². The number of rotatable bonds is 5. The first-order valence-electron chi connectivity index (χ1n) is 5.98. The van der Waals surface area contributed by atoms with Gasteiger partial charge in [-0.05, 0) is 37.3 Å². The molecule has 0 spiro atoms. The maximum atomic E-state index is 13.2. The van der Waals surface area contributed by atoms with Gasteiger partial charge < -0.3 is 9.47 Å². The SMILES string of the molecule is CCOc1ccccc1Oc1ccc(F)cc1CBr. The third-order valence-electron chi connectivity index (χ3n) is 2.54. The van der Waals surface area contributed by atoms with E-state index in [2.05, 4.69) is 15.9 Å². The molecule has 0 aliphatic heterocycles. The Balaban J connectivity index is 2.30. The Kier molecular flexibility index (Phi) is 4.80. The molecule has 0 aliphatic carbocycles. The van der Waals surface area contributed by atoms with Crippen molar-refractivity contribution in [3.05, 3.63) is 53.8 Å². The number of alkyl halides is 1. The molecule has 2 nitrogen and oxygen atoms in total. The molecule has 19 heavy (non-hydrogen) atoms. The number of para-hydroxylation sites is 2. The van der Waals surface area contributed by atoms with Crippen molar-refractivity contribution in [2.45, 2.75) is 12.3 Å². The molecule has 0 saturated carbocycles. The van der Waals surface area contributed by atoms with E-state index in [1.165, 1.54) is 12.1 Å². The van der Waals surface area contributed by atoms with Crippen molar-refractivity contribution in [3.8, 4) is 17.2 Å². The van der Waals surface area contributed by atoms with Crippen LogP contribution in [0.15, 0.2) is 42.5 Å². The van der Waals surface area contributed by atoms with Crippen molar-refractivity contribution in [3.63, 3.8) is 0 Å². The van der Waals surface area contributed by atoms with Gasteiger partial charge in [-0.3, -0.25) is 0 Å². The van der Waals surface area contributed by atoms with Gasteiger partial charge in [-0.25, -0.2) is 4.39 Å². The number of hydrogen-bond acceptors (Lipinski definition) is 2. The van der Waals surface area contributed by atoms with Crippen LogP contribution in [0.4, 0.5) is 4.39 Å². The van der Waals surface area contributed by atoms with E-state index in [0.717, 1.165) is 5.56 Å². The van der Waals surface area contributed by atoms with Gasteiger partial charge in [-0.1, -0.05) is 28.1 Å². The molecule has 0 amide bonds. The molecule has 0 bridgehead atoms. The zero-order valence-corrected chi connectivity index (χ0v) is 12.1. The van der Waals surface area contributed by atoms with Crippen LogP contribution in [0.2, 0.25) is 0 Å². The second kappa shape index (κ2) is 6.57. The molecule has 0 aromatic heterocycles. The highest BCUT2D eigenvalue weighted by atomic mass is 79.9. The molecule has 2 rings (SSSR count). The van der Waals surface area contributed by atoms with E-state index in [1.54, 1.807) is 6.07 Å². The lowest BCUT2D eigenvalue weighted by Crippen LogP contribution is -1.96. The van der Waals surface area contributed by atoms with Crippen LogP contribution in [0.25, 0.3) is 0 Å². The number of benzene rings is 2. The van der Waals surface area contributed by atoms with Gasteiger partial charge in [0.1, 0.15) is 11.6 Å². The Hall–Kier alpha value is -1.55. The maximum absolute atomic E-state index is 13.2. The number of ether oxygens (including phenoxy) is 2. The van der Waals surface area contributed by atoms with Crippen LogP contribution in [-0.4, -0.2) is 6.61 Å². The highest BCUT2D eigenvalue weighted by Gasteiger charge is 2.09. The van der Waals surface area contributed by atoms with Crippen LogP contribution in [0, 0.1) is 5.82 Å². The highest BCUT2D eigenvalue weighted by molar-refractivity contribution is 9.08. The summed E-state index contributed by atoms with van der Waals surface area (Å²) in [4.78, 5) is 0. The van der Waals surface area contributed by atoms with Gasteiger partial charge in [0.05, 0.1) is 6.61 Å². The fraction of sp³-hybridized carbons (Fsp3) is 0.200. The minimum atomic E-state index is -0.278. The summed E-state index contributed by atoms with van der Waals surface area (Å²) in [5.74, 6) is 1.64. The van der Waals surface area contributed by atoms with E-state index in [9.17, 15) is 4.39 Å². The van der Waals surface area contributed by atoms with E-state index >= 15 is 0 Å². The molecular formula is C15H14BrFO2. The topological polar surface area (TPSA) is 18.5 Å². The van der Waals surface area contributed by atoms with E-state index in [4.69, 9.17) is 9.47 Å². The summed E-state index contributed by atoms with van der Waals surface area (Å²) < 4.78 is 24.5. The van der Waals surface area contributed by atoms with Gasteiger partial charge in [0.15, 0.2) is 11.5 Å². The lowest BCUT2D eigenvalue weighted by atomic mass is 10.2. The van der Waals surface area contributed by atoms with Crippen LogP contribution < -0.4 is 9.47 Å². The monoisotopic (exact) mass is 324 g/mol. The second-order valence-corrected chi connectivity index (χ2v) is 4.43. The molecule has 0 N–H and O–H groups in total. The van der Waals surface area contributed by atoms with Crippen LogP contribution in [0.3, 0.4) is 0 Å². The Bertz CT molecular complexity index is 558. The summed E-state index contributed by atoms with van der Waals surface area (Å²) in [6.07, 6.45) is 0. The fourth-order valence-electron chi connectivity index (χ4n) is 1.68. The van der Waals surface area contributed by atoms with Gasteiger partial charge in [0.25, 0.3) is 0 Å². The molecule has 0 heterocycles. The smallest absolute Gasteiger partial charge is 0.169 e. The zero-order chi connectivity index (χ0) is 13.7. The average molecular weight is 325 g/mol. The summed E-state index contributed by atoms with van der Waals surface area (Å²) in [6, 6.07) is 11.9. The number of hydrogen-bond donors (Lipinski definition) is 0. The van der Waals surface area contributed by atoms with Crippen LogP contribution in [0.5, 0.6) is 17.2 Å². The van der Waals surface area contributed by atoms with Gasteiger partial charge in [0.2, 0.25) is 0 Å².